The number of hydrogen-bond donors (Lipinski definition) is 2. The molecule has 5 heteroatoms. The third kappa shape index (κ3) is 5.11. The molecule has 1 heterocycles. The van der Waals surface area contributed by atoms with Crippen molar-refractivity contribution in [1.82, 2.24) is 4.98 Å². The first-order valence-electron chi connectivity index (χ1n) is 7.74. The molecule has 1 aromatic carbocycles. The minimum atomic E-state index is -0.222. The van der Waals surface area contributed by atoms with Gasteiger partial charge >= 0.3 is 0 Å². The van der Waals surface area contributed by atoms with Crippen molar-refractivity contribution in [2.24, 2.45) is 0 Å². The number of nitrogens with one attached hydrogen (secondary N) is 2. The summed E-state index contributed by atoms with van der Waals surface area (Å²) in [7, 11) is 0. The molecule has 0 aliphatic rings. The summed E-state index contributed by atoms with van der Waals surface area (Å²) in [6.07, 6.45) is 5.04. The molecule has 0 radical (unpaired) electrons. The molecule has 2 N–H and O–H groups in total. The van der Waals surface area contributed by atoms with Crippen LogP contribution in [0, 0.1) is 11.3 Å². The van der Waals surface area contributed by atoms with Gasteiger partial charge in [-0.25, -0.2) is 4.98 Å². The van der Waals surface area contributed by atoms with Crippen molar-refractivity contribution in [1.29, 1.82) is 5.26 Å². The fourth-order valence-corrected chi connectivity index (χ4v) is 2.06. The predicted octanol–water partition coefficient (Wildman–Crippen LogP) is 3.81. The summed E-state index contributed by atoms with van der Waals surface area (Å²) in [6.45, 7) is 3.05. The zero-order valence-corrected chi connectivity index (χ0v) is 13.2. The van der Waals surface area contributed by atoms with Crippen LogP contribution in [0.3, 0.4) is 0 Å². The van der Waals surface area contributed by atoms with Gasteiger partial charge in [-0.3, -0.25) is 4.79 Å². The van der Waals surface area contributed by atoms with Gasteiger partial charge in [0.1, 0.15) is 5.82 Å². The smallest absolute Gasteiger partial charge is 0.257 e. The van der Waals surface area contributed by atoms with Crippen LogP contribution in [0.25, 0.3) is 0 Å². The number of carbonyl (C=O) groups excluding carboxylic acids is 1. The van der Waals surface area contributed by atoms with E-state index in [1.54, 1.807) is 42.6 Å². The number of nitriles is 1. The van der Waals surface area contributed by atoms with Gasteiger partial charge in [0.25, 0.3) is 5.91 Å². The maximum Gasteiger partial charge on any atom is 0.257 e. The Labute approximate surface area is 136 Å². The van der Waals surface area contributed by atoms with Crippen molar-refractivity contribution in [2.45, 2.75) is 26.2 Å². The van der Waals surface area contributed by atoms with Crippen molar-refractivity contribution in [3.63, 3.8) is 0 Å². The largest absolute Gasteiger partial charge is 0.370 e. The van der Waals surface area contributed by atoms with E-state index in [-0.39, 0.29) is 5.91 Å². The lowest BCUT2D eigenvalue weighted by Gasteiger charge is -2.07. The number of anilines is 2. The van der Waals surface area contributed by atoms with Crippen LogP contribution in [-0.2, 0) is 0 Å². The Kier molecular flexibility index (Phi) is 6.13. The van der Waals surface area contributed by atoms with E-state index in [2.05, 4.69) is 22.5 Å². The van der Waals surface area contributed by atoms with Gasteiger partial charge in [-0.2, -0.15) is 5.26 Å². The number of amides is 1. The number of aromatic nitrogens is 1. The minimum absolute atomic E-state index is 0.222. The molecule has 1 amide bonds. The molecule has 0 aliphatic heterocycles. The van der Waals surface area contributed by atoms with E-state index < -0.39 is 0 Å². The van der Waals surface area contributed by atoms with Crippen molar-refractivity contribution in [3.05, 3.63) is 53.7 Å². The minimum Gasteiger partial charge on any atom is -0.370 e. The normalized spacial score (nSPS) is 9.91. The lowest BCUT2D eigenvalue weighted by Crippen LogP contribution is -2.12. The van der Waals surface area contributed by atoms with Gasteiger partial charge in [-0.15, -0.1) is 0 Å². The van der Waals surface area contributed by atoms with Crippen molar-refractivity contribution in [3.8, 4) is 6.07 Å². The van der Waals surface area contributed by atoms with Gasteiger partial charge in [0, 0.05) is 18.4 Å². The molecule has 5 nitrogen and oxygen atoms in total. The number of nitrogens with zero attached hydrogens (tertiary/aromatic N) is 2. The van der Waals surface area contributed by atoms with Crippen LogP contribution in [0.2, 0.25) is 0 Å². The van der Waals surface area contributed by atoms with Gasteiger partial charge in [0.05, 0.1) is 17.2 Å². The average Bonchev–Trinajstić information content (AvgIpc) is 2.60. The molecule has 0 saturated heterocycles. The molecule has 0 atom stereocenters. The van der Waals surface area contributed by atoms with E-state index in [9.17, 15) is 4.79 Å². The second-order valence-electron chi connectivity index (χ2n) is 5.21. The molecule has 0 saturated carbocycles. The lowest BCUT2D eigenvalue weighted by atomic mass is 10.2. The summed E-state index contributed by atoms with van der Waals surface area (Å²) in [6, 6.07) is 12.3. The quantitative estimate of drug-likeness (QED) is 0.762. The number of pyridine rings is 1. The standard InChI is InChI=1S/C18H20N4O/c1-2-3-4-11-20-17-10-7-15(13-21-17)18(23)22-16-8-5-14(12-19)6-9-16/h5-10,13H,2-4,11H2,1H3,(H,20,21)(H,22,23). The second kappa shape index (κ2) is 8.54. The van der Waals surface area contributed by atoms with Crippen LogP contribution in [0.1, 0.15) is 42.1 Å². The number of hydrogen-bond acceptors (Lipinski definition) is 4. The van der Waals surface area contributed by atoms with E-state index in [4.69, 9.17) is 5.26 Å². The summed E-state index contributed by atoms with van der Waals surface area (Å²) in [5, 5.41) is 14.8. The van der Waals surface area contributed by atoms with E-state index in [1.807, 2.05) is 6.07 Å². The Morgan fingerprint density at radius 3 is 2.57 bits per heavy atom. The first kappa shape index (κ1) is 16.5. The highest BCUT2D eigenvalue weighted by molar-refractivity contribution is 6.04. The van der Waals surface area contributed by atoms with Gasteiger partial charge in [-0.1, -0.05) is 19.8 Å². The van der Waals surface area contributed by atoms with Gasteiger partial charge in [0.2, 0.25) is 0 Å². The van der Waals surface area contributed by atoms with Crippen molar-refractivity contribution < 1.29 is 4.79 Å². The summed E-state index contributed by atoms with van der Waals surface area (Å²) in [4.78, 5) is 16.4. The van der Waals surface area contributed by atoms with Crippen LogP contribution < -0.4 is 10.6 Å². The molecular formula is C18H20N4O. The highest BCUT2D eigenvalue weighted by Gasteiger charge is 2.06. The molecule has 0 aliphatic carbocycles. The fourth-order valence-electron chi connectivity index (χ4n) is 2.06. The predicted molar refractivity (Wildman–Crippen MR) is 91.4 cm³/mol. The number of benzene rings is 1. The molecule has 0 bridgehead atoms. The average molecular weight is 308 g/mol. The van der Waals surface area contributed by atoms with Crippen LogP contribution in [0.5, 0.6) is 0 Å². The Morgan fingerprint density at radius 1 is 1.17 bits per heavy atom. The lowest BCUT2D eigenvalue weighted by molar-refractivity contribution is 0.102. The first-order valence-corrected chi connectivity index (χ1v) is 7.74. The third-order valence-electron chi connectivity index (χ3n) is 3.38. The van der Waals surface area contributed by atoms with Gasteiger partial charge < -0.3 is 10.6 Å². The highest BCUT2D eigenvalue weighted by Crippen LogP contribution is 2.12. The first-order chi connectivity index (χ1) is 11.2. The Hall–Kier alpha value is -2.87. The zero-order valence-electron chi connectivity index (χ0n) is 13.2. The molecule has 118 valence electrons. The van der Waals surface area contributed by atoms with Crippen molar-refractivity contribution in [2.75, 3.05) is 17.2 Å². The fraction of sp³-hybridized carbons (Fsp3) is 0.278. The summed E-state index contributed by atoms with van der Waals surface area (Å²) in [5.41, 5.74) is 1.70. The van der Waals surface area contributed by atoms with Crippen LogP contribution >= 0.6 is 0 Å². The monoisotopic (exact) mass is 308 g/mol. The number of unbranched alkanes of at least 4 members (excludes halogenated alkanes) is 2. The van der Waals surface area contributed by atoms with Crippen LogP contribution in [-0.4, -0.2) is 17.4 Å². The summed E-state index contributed by atoms with van der Waals surface area (Å²) < 4.78 is 0. The Balaban J connectivity index is 1.90. The van der Waals surface area contributed by atoms with Crippen LogP contribution in [0.15, 0.2) is 42.6 Å². The van der Waals surface area contributed by atoms with Crippen LogP contribution in [0.4, 0.5) is 11.5 Å². The van der Waals surface area contributed by atoms with Gasteiger partial charge in [-0.05, 0) is 42.8 Å². The highest BCUT2D eigenvalue weighted by atomic mass is 16.1. The molecule has 2 rings (SSSR count). The SMILES string of the molecule is CCCCCNc1ccc(C(=O)Nc2ccc(C#N)cc2)cn1. The van der Waals surface area contributed by atoms with E-state index in [0.717, 1.165) is 18.8 Å². The van der Waals surface area contributed by atoms with Crippen molar-refractivity contribution >= 4 is 17.4 Å². The number of carbonyl (C=O) groups is 1. The van der Waals surface area contributed by atoms with E-state index >= 15 is 0 Å². The van der Waals surface area contributed by atoms with E-state index in [0.29, 0.717) is 16.8 Å². The summed E-state index contributed by atoms with van der Waals surface area (Å²) >= 11 is 0. The summed E-state index contributed by atoms with van der Waals surface area (Å²) in [5.74, 6) is 0.552. The number of rotatable bonds is 7. The zero-order chi connectivity index (χ0) is 16.5. The molecule has 0 unspecified atom stereocenters. The maximum atomic E-state index is 12.1. The molecule has 23 heavy (non-hydrogen) atoms. The van der Waals surface area contributed by atoms with Gasteiger partial charge in [0.15, 0.2) is 0 Å². The molecule has 0 fully saturated rings. The molecule has 0 spiro atoms. The molecular weight excluding hydrogens is 288 g/mol. The Morgan fingerprint density at radius 2 is 1.96 bits per heavy atom. The third-order valence-corrected chi connectivity index (χ3v) is 3.38. The Bertz CT molecular complexity index is 672. The molecule has 1 aromatic heterocycles. The molecule has 2 aromatic rings. The van der Waals surface area contributed by atoms with E-state index in [1.165, 1.54) is 12.8 Å². The topological polar surface area (TPSA) is 77.8 Å². The maximum absolute atomic E-state index is 12.1. The second-order valence-corrected chi connectivity index (χ2v) is 5.21.